The molecule has 0 radical (unpaired) electrons. The van der Waals surface area contributed by atoms with Gasteiger partial charge in [-0.05, 0) is 58.9 Å². The largest absolute Gasteiger partial charge is 0.480 e. The SMILES string of the molecule is CCCNC(C)(CCn1c(C)nc2c1CCCC2)C(=O)O. The molecule has 0 saturated carbocycles. The number of nitrogens with zero attached hydrogens (tertiary/aromatic N) is 2. The van der Waals surface area contributed by atoms with Crippen LogP contribution in [0.2, 0.25) is 0 Å². The Morgan fingerprint density at radius 1 is 1.43 bits per heavy atom. The Morgan fingerprint density at radius 2 is 2.14 bits per heavy atom. The van der Waals surface area contributed by atoms with Crippen LogP contribution in [-0.4, -0.2) is 32.7 Å². The van der Waals surface area contributed by atoms with Gasteiger partial charge in [0.1, 0.15) is 11.4 Å². The lowest BCUT2D eigenvalue weighted by atomic mass is 9.97. The van der Waals surface area contributed by atoms with Gasteiger partial charge in [0, 0.05) is 12.2 Å². The minimum absolute atomic E-state index is 0.575. The molecule has 0 spiro atoms. The number of aliphatic carboxylic acids is 1. The summed E-state index contributed by atoms with van der Waals surface area (Å²) >= 11 is 0. The molecule has 2 rings (SSSR count). The lowest BCUT2D eigenvalue weighted by molar-refractivity contribution is -0.144. The Labute approximate surface area is 126 Å². The third kappa shape index (κ3) is 3.46. The van der Waals surface area contributed by atoms with E-state index in [1.54, 1.807) is 6.92 Å². The first kappa shape index (κ1) is 16.0. The number of nitrogens with one attached hydrogen (secondary N) is 1. The molecule has 1 aromatic rings. The van der Waals surface area contributed by atoms with E-state index < -0.39 is 11.5 Å². The Kier molecular flexibility index (Phi) is 5.04. The molecule has 5 heteroatoms. The maximum atomic E-state index is 11.6. The summed E-state index contributed by atoms with van der Waals surface area (Å²) in [5.74, 6) is 0.243. The molecule has 0 saturated heterocycles. The first-order chi connectivity index (χ1) is 9.98. The van der Waals surface area contributed by atoms with Crippen molar-refractivity contribution in [1.82, 2.24) is 14.9 Å². The lowest BCUT2D eigenvalue weighted by Crippen LogP contribution is -2.50. The van der Waals surface area contributed by atoms with Gasteiger partial charge in [-0.1, -0.05) is 6.92 Å². The molecule has 1 aliphatic carbocycles. The van der Waals surface area contributed by atoms with Gasteiger partial charge in [-0.15, -0.1) is 0 Å². The second-order valence-corrected chi connectivity index (χ2v) is 6.23. The molecule has 1 aliphatic rings. The van der Waals surface area contributed by atoms with Gasteiger partial charge in [-0.3, -0.25) is 4.79 Å². The molecule has 1 aromatic heterocycles. The summed E-state index contributed by atoms with van der Waals surface area (Å²) in [6.45, 7) is 7.29. The molecular formula is C16H27N3O2. The van der Waals surface area contributed by atoms with Crippen molar-refractivity contribution in [2.45, 2.75) is 71.4 Å². The van der Waals surface area contributed by atoms with Gasteiger partial charge in [-0.2, -0.15) is 0 Å². The number of aromatic nitrogens is 2. The predicted octanol–water partition coefficient (Wildman–Crippen LogP) is 2.30. The van der Waals surface area contributed by atoms with E-state index >= 15 is 0 Å². The molecule has 1 unspecified atom stereocenters. The molecule has 118 valence electrons. The Morgan fingerprint density at radius 3 is 2.81 bits per heavy atom. The van der Waals surface area contributed by atoms with Crippen LogP contribution < -0.4 is 5.32 Å². The van der Waals surface area contributed by atoms with Crippen molar-refractivity contribution in [2.24, 2.45) is 0 Å². The van der Waals surface area contributed by atoms with Crippen LogP contribution in [-0.2, 0) is 24.2 Å². The molecule has 0 amide bonds. The van der Waals surface area contributed by atoms with Gasteiger partial charge in [0.15, 0.2) is 0 Å². The van der Waals surface area contributed by atoms with Gasteiger partial charge < -0.3 is 15.0 Å². The first-order valence-corrected chi connectivity index (χ1v) is 8.01. The van der Waals surface area contributed by atoms with Crippen molar-refractivity contribution >= 4 is 5.97 Å². The van der Waals surface area contributed by atoms with E-state index in [2.05, 4.69) is 14.9 Å². The lowest BCUT2D eigenvalue weighted by Gasteiger charge is -2.27. The number of carboxylic acids is 1. The fraction of sp³-hybridized carbons (Fsp3) is 0.750. The fourth-order valence-electron chi connectivity index (χ4n) is 3.04. The Balaban J connectivity index is 2.11. The zero-order valence-electron chi connectivity index (χ0n) is 13.4. The number of hydrogen-bond acceptors (Lipinski definition) is 3. The molecule has 0 aromatic carbocycles. The zero-order chi connectivity index (χ0) is 15.5. The number of hydrogen-bond donors (Lipinski definition) is 2. The number of aryl methyl sites for hydroxylation is 2. The quantitative estimate of drug-likeness (QED) is 0.809. The molecule has 2 N–H and O–H groups in total. The average Bonchev–Trinajstić information content (AvgIpc) is 2.78. The monoisotopic (exact) mass is 293 g/mol. The van der Waals surface area contributed by atoms with Crippen LogP contribution in [0.4, 0.5) is 0 Å². The van der Waals surface area contributed by atoms with Crippen molar-refractivity contribution < 1.29 is 9.90 Å². The van der Waals surface area contributed by atoms with Crippen LogP contribution >= 0.6 is 0 Å². The summed E-state index contributed by atoms with van der Waals surface area (Å²) in [6, 6.07) is 0. The highest BCUT2D eigenvalue weighted by Crippen LogP contribution is 2.23. The number of fused-ring (bicyclic) bond motifs is 1. The molecule has 0 fully saturated rings. The summed E-state index contributed by atoms with van der Waals surface area (Å²) in [5.41, 5.74) is 1.67. The van der Waals surface area contributed by atoms with Crippen molar-refractivity contribution in [2.75, 3.05) is 6.54 Å². The molecular weight excluding hydrogens is 266 g/mol. The van der Waals surface area contributed by atoms with Crippen molar-refractivity contribution in [1.29, 1.82) is 0 Å². The summed E-state index contributed by atoms with van der Waals surface area (Å²) < 4.78 is 2.23. The minimum atomic E-state index is -0.867. The van der Waals surface area contributed by atoms with Crippen LogP contribution in [0.25, 0.3) is 0 Å². The van der Waals surface area contributed by atoms with Crippen LogP contribution in [0.1, 0.15) is 56.7 Å². The highest BCUT2D eigenvalue weighted by Gasteiger charge is 2.32. The fourth-order valence-corrected chi connectivity index (χ4v) is 3.04. The van der Waals surface area contributed by atoms with Crippen LogP contribution in [0.5, 0.6) is 0 Å². The Bertz CT molecular complexity index is 510. The standard InChI is InChI=1S/C16H27N3O2/c1-4-10-17-16(3,15(20)21)9-11-19-12(2)18-13-7-5-6-8-14(13)19/h17H,4-11H2,1-3H3,(H,20,21). The average molecular weight is 293 g/mol. The summed E-state index contributed by atoms with van der Waals surface area (Å²) in [6.07, 6.45) is 6.07. The highest BCUT2D eigenvalue weighted by atomic mass is 16.4. The van der Waals surface area contributed by atoms with Crippen LogP contribution in [0, 0.1) is 6.92 Å². The number of imidazole rings is 1. The van der Waals surface area contributed by atoms with E-state index in [9.17, 15) is 9.90 Å². The molecule has 0 aliphatic heterocycles. The normalized spacial score (nSPS) is 17.3. The second-order valence-electron chi connectivity index (χ2n) is 6.23. The van der Waals surface area contributed by atoms with E-state index in [0.717, 1.165) is 31.6 Å². The highest BCUT2D eigenvalue weighted by molar-refractivity contribution is 5.78. The molecule has 0 bridgehead atoms. The third-order valence-electron chi connectivity index (χ3n) is 4.50. The first-order valence-electron chi connectivity index (χ1n) is 8.01. The van der Waals surface area contributed by atoms with Gasteiger partial charge in [-0.25, -0.2) is 4.98 Å². The van der Waals surface area contributed by atoms with E-state index in [0.29, 0.717) is 13.0 Å². The van der Waals surface area contributed by atoms with Gasteiger partial charge in [0.2, 0.25) is 0 Å². The van der Waals surface area contributed by atoms with Crippen molar-refractivity contribution in [3.63, 3.8) is 0 Å². The Hall–Kier alpha value is -1.36. The smallest absolute Gasteiger partial charge is 0.323 e. The van der Waals surface area contributed by atoms with E-state index in [4.69, 9.17) is 0 Å². The zero-order valence-corrected chi connectivity index (χ0v) is 13.4. The topological polar surface area (TPSA) is 67.2 Å². The minimum Gasteiger partial charge on any atom is -0.480 e. The predicted molar refractivity (Wildman–Crippen MR) is 82.6 cm³/mol. The maximum Gasteiger partial charge on any atom is 0.323 e. The molecule has 1 atom stereocenters. The van der Waals surface area contributed by atoms with Crippen LogP contribution in [0.15, 0.2) is 0 Å². The van der Waals surface area contributed by atoms with Gasteiger partial charge in [0.25, 0.3) is 0 Å². The van der Waals surface area contributed by atoms with Gasteiger partial charge >= 0.3 is 5.97 Å². The number of rotatable bonds is 7. The number of carboxylic acid groups (broad SMARTS) is 1. The van der Waals surface area contributed by atoms with E-state index in [-0.39, 0.29) is 0 Å². The second kappa shape index (κ2) is 6.60. The van der Waals surface area contributed by atoms with E-state index in [1.807, 2.05) is 13.8 Å². The number of carbonyl (C=O) groups is 1. The maximum absolute atomic E-state index is 11.6. The molecule has 21 heavy (non-hydrogen) atoms. The third-order valence-corrected chi connectivity index (χ3v) is 4.50. The molecule has 1 heterocycles. The summed E-state index contributed by atoms with van der Waals surface area (Å²) in [5, 5.41) is 12.7. The van der Waals surface area contributed by atoms with Crippen LogP contribution in [0.3, 0.4) is 0 Å². The van der Waals surface area contributed by atoms with Crippen molar-refractivity contribution in [3.8, 4) is 0 Å². The summed E-state index contributed by atoms with van der Waals surface area (Å²) in [7, 11) is 0. The molecule has 5 nitrogen and oxygen atoms in total. The van der Waals surface area contributed by atoms with E-state index in [1.165, 1.54) is 24.2 Å². The summed E-state index contributed by atoms with van der Waals surface area (Å²) in [4.78, 5) is 16.2. The van der Waals surface area contributed by atoms with Crippen molar-refractivity contribution in [3.05, 3.63) is 17.2 Å². The van der Waals surface area contributed by atoms with Gasteiger partial charge in [0.05, 0.1) is 5.69 Å².